The molecule has 1 atom stereocenters. The summed E-state index contributed by atoms with van der Waals surface area (Å²) in [5.74, 6) is 0.215. The van der Waals surface area contributed by atoms with Gasteiger partial charge in [0, 0.05) is 37.2 Å². The molecule has 4 rings (SSSR count). The highest BCUT2D eigenvalue weighted by Crippen LogP contribution is 2.26. The van der Waals surface area contributed by atoms with Gasteiger partial charge in [0.15, 0.2) is 5.76 Å². The van der Waals surface area contributed by atoms with Crippen molar-refractivity contribution in [1.29, 1.82) is 0 Å². The van der Waals surface area contributed by atoms with E-state index in [4.69, 9.17) is 16.0 Å². The number of rotatable bonds is 2. The van der Waals surface area contributed by atoms with Crippen LogP contribution in [0.2, 0.25) is 5.02 Å². The van der Waals surface area contributed by atoms with Gasteiger partial charge in [-0.2, -0.15) is 0 Å². The first-order chi connectivity index (χ1) is 13.1. The molecule has 3 heterocycles. The molecule has 142 valence electrons. The molecule has 1 aromatic heterocycles. The summed E-state index contributed by atoms with van der Waals surface area (Å²) in [6.07, 6.45) is 3.98. The highest BCUT2D eigenvalue weighted by molar-refractivity contribution is 6.31. The second-order valence-corrected chi connectivity index (χ2v) is 7.47. The summed E-state index contributed by atoms with van der Waals surface area (Å²) in [6.45, 7) is 2.39. The van der Waals surface area contributed by atoms with Gasteiger partial charge in [-0.15, -0.1) is 0 Å². The zero-order chi connectivity index (χ0) is 18.8. The van der Waals surface area contributed by atoms with E-state index in [0.717, 1.165) is 35.4 Å². The number of likely N-dealkylation sites (tertiary alicyclic amines) is 1. The number of nitrogens with zero attached hydrogens (tertiary/aromatic N) is 2. The number of urea groups is 1. The molecule has 1 aromatic carbocycles. The largest absolute Gasteiger partial charge is 0.459 e. The maximum absolute atomic E-state index is 12.7. The minimum absolute atomic E-state index is 0.0501. The maximum atomic E-state index is 12.7. The summed E-state index contributed by atoms with van der Waals surface area (Å²) in [7, 11) is 0. The molecule has 1 saturated heterocycles. The summed E-state index contributed by atoms with van der Waals surface area (Å²) in [4.78, 5) is 28.7. The van der Waals surface area contributed by atoms with Crippen LogP contribution < -0.4 is 5.32 Å². The van der Waals surface area contributed by atoms with E-state index in [1.807, 2.05) is 23.1 Å². The standard InChI is InChI=1S/C20H22ClN3O3/c21-17-6-1-4-14-12-24(10-8-16(14)17)20(26)22-15-5-2-9-23(13-15)19(25)18-7-3-11-27-18/h1,3-4,6-7,11,15H,2,5,8-10,12-13H2,(H,22,26)/t15-/m0/s1. The lowest BCUT2D eigenvalue weighted by Gasteiger charge is -2.35. The lowest BCUT2D eigenvalue weighted by atomic mass is 10.00. The molecule has 1 fully saturated rings. The Labute approximate surface area is 163 Å². The van der Waals surface area contributed by atoms with Crippen LogP contribution in [0.4, 0.5) is 4.79 Å². The van der Waals surface area contributed by atoms with Crippen LogP contribution in [0, 0.1) is 0 Å². The summed E-state index contributed by atoms with van der Waals surface area (Å²) in [6, 6.07) is 9.07. The quantitative estimate of drug-likeness (QED) is 0.859. The number of carbonyl (C=O) groups is 2. The van der Waals surface area contributed by atoms with Crippen LogP contribution in [0.1, 0.15) is 34.5 Å². The molecule has 0 saturated carbocycles. The van der Waals surface area contributed by atoms with Crippen molar-refractivity contribution in [2.24, 2.45) is 0 Å². The smallest absolute Gasteiger partial charge is 0.317 e. The Morgan fingerprint density at radius 2 is 2.04 bits per heavy atom. The maximum Gasteiger partial charge on any atom is 0.317 e. The van der Waals surface area contributed by atoms with E-state index >= 15 is 0 Å². The minimum Gasteiger partial charge on any atom is -0.459 e. The fourth-order valence-corrected chi connectivity index (χ4v) is 4.13. The first-order valence-electron chi connectivity index (χ1n) is 9.26. The Kier molecular flexibility index (Phi) is 5.07. The second-order valence-electron chi connectivity index (χ2n) is 7.07. The van der Waals surface area contributed by atoms with Gasteiger partial charge in [0.1, 0.15) is 0 Å². The third-order valence-corrected chi connectivity index (χ3v) is 5.62. The fraction of sp³-hybridized carbons (Fsp3) is 0.400. The molecule has 0 spiro atoms. The summed E-state index contributed by atoms with van der Waals surface area (Å²) >= 11 is 6.25. The Morgan fingerprint density at radius 1 is 1.15 bits per heavy atom. The van der Waals surface area contributed by atoms with Crippen molar-refractivity contribution in [3.8, 4) is 0 Å². The number of amides is 3. The molecule has 2 aliphatic rings. The molecule has 27 heavy (non-hydrogen) atoms. The molecule has 7 heteroatoms. The van der Waals surface area contributed by atoms with Gasteiger partial charge in [-0.1, -0.05) is 23.7 Å². The average Bonchev–Trinajstić information content (AvgIpc) is 3.22. The molecule has 3 amide bonds. The molecule has 0 bridgehead atoms. The number of carbonyl (C=O) groups excluding carboxylic acids is 2. The molecule has 2 aromatic rings. The van der Waals surface area contributed by atoms with Gasteiger partial charge in [0.25, 0.3) is 5.91 Å². The Hall–Kier alpha value is -2.47. The normalized spacial score (nSPS) is 19.5. The lowest BCUT2D eigenvalue weighted by Crippen LogP contribution is -2.53. The number of halogens is 1. The summed E-state index contributed by atoms with van der Waals surface area (Å²) in [5.41, 5.74) is 2.23. The number of benzene rings is 1. The van der Waals surface area contributed by atoms with E-state index in [2.05, 4.69) is 5.32 Å². The highest BCUT2D eigenvalue weighted by atomic mass is 35.5. The molecule has 6 nitrogen and oxygen atoms in total. The van der Waals surface area contributed by atoms with Crippen molar-refractivity contribution in [2.75, 3.05) is 19.6 Å². The van der Waals surface area contributed by atoms with E-state index < -0.39 is 0 Å². The SMILES string of the molecule is O=C(N[C@H]1CCCN(C(=O)c2ccco2)C1)N1CCc2c(Cl)cccc2C1. The van der Waals surface area contributed by atoms with Crippen LogP contribution in [0.25, 0.3) is 0 Å². The van der Waals surface area contributed by atoms with Crippen molar-refractivity contribution in [3.63, 3.8) is 0 Å². The van der Waals surface area contributed by atoms with Crippen molar-refractivity contribution in [2.45, 2.75) is 31.8 Å². The summed E-state index contributed by atoms with van der Waals surface area (Å²) in [5, 5.41) is 3.86. The molecule has 1 N–H and O–H groups in total. The van der Waals surface area contributed by atoms with Crippen molar-refractivity contribution < 1.29 is 14.0 Å². The summed E-state index contributed by atoms with van der Waals surface area (Å²) < 4.78 is 5.21. The van der Waals surface area contributed by atoms with Crippen LogP contribution in [0.5, 0.6) is 0 Å². The molecule has 0 aliphatic carbocycles. The predicted octanol–water partition coefficient (Wildman–Crippen LogP) is 3.31. The second kappa shape index (κ2) is 7.64. The van der Waals surface area contributed by atoms with E-state index in [1.165, 1.54) is 6.26 Å². The first-order valence-corrected chi connectivity index (χ1v) is 9.64. The zero-order valence-corrected chi connectivity index (χ0v) is 15.7. The van der Waals surface area contributed by atoms with Crippen LogP contribution in [0.15, 0.2) is 41.0 Å². The lowest BCUT2D eigenvalue weighted by molar-refractivity contribution is 0.0662. The van der Waals surface area contributed by atoms with Crippen molar-refractivity contribution >= 4 is 23.5 Å². The number of hydrogen-bond acceptors (Lipinski definition) is 3. The van der Waals surface area contributed by atoms with Crippen molar-refractivity contribution in [1.82, 2.24) is 15.1 Å². The number of furan rings is 1. The van der Waals surface area contributed by atoms with Gasteiger partial charge in [0.2, 0.25) is 0 Å². The van der Waals surface area contributed by atoms with Crippen LogP contribution in [-0.2, 0) is 13.0 Å². The molecular weight excluding hydrogens is 366 g/mol. The third-order valence-electron chi connectivity index (χ3n) is 5.26. The van der Waals surface area contributed by atoms with E-state index in [1.54, 1.807) is 17.0 Å². The number of fused-ring (bicyclic) bond motifs is 1. The highest BCUT2D eigenvalue weighted by Gasteiger charge is 2.29. The van der Waals surface area contributed by atoms with Gasteiger partial charge < -0.3 is 19.5 Å². The third kappa shape index (κ3) is 3.81. The van der Waals surface area contributed by atoms with Crippen LogP contribution in [-0.4, -0.2) is 47.4 Å². The van der Waals surface area contributed by atoms with Crippen molar-refractivity contribution in [3.05, 3.63) is 58.5 Å². The zero-order valence-electron chi connectivity index (χ0n) is 15.0. The van der Waals surface area contributed by atoms with Gasteiger partial charge in [-0.25, -0.2) is 4.79 Å². The topological polar surface area (TPSA) is 65.8 Å². The monoisotopic (exact) mass is 387 g/mol. The molecule has 2 aliphatic heterocycles. The van der Waals surface area contributed by atoms with Gasteiger partial charge >= 0.3 is 6.03 Å². The first kappa shape index (κ1) is 17.9. The van der Waals surface area contributed by atoms with Gasteiger partial charge in [-0.05, 0) is 48.6 Å². The number of piperidine rings is 1. The Balaban J connectivity index is 1.36. The number of hydrogen-bond donors (Lipinski definition) is 1. The molecule has 0 unspecified atom stereocenters. The average molecular weight is 388 g/mol. The van der Waals surface area contributed by atoms with E-state index in [0.29, 0.717) is 31.9 Å². The fourth-order valence-electron chi connectivity index (χ4n) is 3.84. The number of nitrogens with one attached hydrogen (secondary N) is 1. The van der Waals surface area contributed by atoms with E-state index in [9.17, 15) is 9.59 Å². The van der Waals surface area contributed by atoms with Crippen LogP contribution in [0.3, 0.4) is 0 Å². The van der Waals surface area contributed by atoms with Gasteiger partial charge in [-0.3, -0.25) is 4.79 Å². The molecular formula is C20H22ClN3O3. The minimum atomic E-state index is -0.125. The predicted molar refractivity (Wildman–Crippen MR) is 102 cm³/mol. The van der Waals surface area contributed by atoms with E-state index in [-0.39, 0.29) is 18.0 Å². The Morgan fingerprint density at radius 3 is 2.85 bits per heavy atom. The molecule has 0 radical (unpaired) electrons. The van der Waals surface area contributed by atoms with Crippen LogP contribution >= 0.6 is 11.6 Å². The Bertz CT molecular complexity index is 837. The van der Waals surface area contributed by atoms with Gasteiger partial charge in [0.05, 0.1) is 6.26 Å².